The van der Waals surface area contributed by atoms with Crippen LogP contribution in [0.25, 0.3) is 0 Å². The Labute approximate surface area is 278 Å². The number of likely N-dealkylation sites (tertiary alicyclic amines) is 1. The normalized spacial score (nSPS) is 20.4. The molecule has 2 aromatic heterocycles. The number of benzene rings is 1. The van der Waals surface area contributed by atoms with Gasteiger partial charge in [0.2, 0.25) is 11.8 Å². The van der Waals surface area contributed by atoms with Crippen molar-refractivity contribution in [3.63, 3.8) is 0 Å². The quantitative estimate of drug-likeness (QED) is 0.436. The number of nitriles is 1. The third kappa shape index (κ3) is 5.14. The number of anilines is 3. The van der Waals surface area contributed by atoms with Crippen molar-refractivity contribution in [2.24, 2.45) is 11.3 Å². The van der Waals surface area contributed by atoms with Gasteiger partial charge in [-0.2, -0.15) is 10.4 Å². The Morgan fingerprint density at radius 3 is 2.46 bits per heavy atom. The van der Waals surface area contributed by atoms with Gasteiger partial charge in [0.25, 0.3) is 0 Å². The maximum atomic E-state index is 13.6. The molecule has 0 bridgehead atoms. The molecule has 13 nitrogen and oxygen atoms in total. The molecule has 3 aromatic rings. The van der Waals surface area contributed by atoms with E-state index in [1.807, 2.05) is 28.0 Å². The fraction of sp³-hybridized carbons (Fsp3) is 0.514. The van der Waals surface area contributed by atoms with Gasteiger partial charge in [0.15, 0.2) is 17.3 Å². The van der Waals surface area contributed by atoms with Gasteiger partial charge in [0, 0.05) is 80.9 Å². The highest BCUT2D eigenvalue weighted by atomic mass is 16.4. The van der Waals surface area contributed by atoms with E-state index in [-0.39, 0.29) is 34.9 Å². The Balaban J connectivity index is 0.930. The third-order valence-electron chi connectivity index (χ3n) is 11.2. The Morgan fingerprint density at radius 2 is 1.77 bits per heavy atom. The molecule has 13 heteroatoms. The summed E-state index contributed by atoms with van der Waals surface area (Å²) in [4.78, 5) is 45.4. The van der Waals surface area contributed by atoms with Crippen LogP contribution in [0.5, 0.6) is 0 Å². The summed E-state index contributed by atoms with van der Waals surface area (Å²) in [5.74, 6) is 0.876. The fourth-order valence-corrected chi connectivity index (χ4v) is 8.64. The molecular weight excluding hydrogens is 610 g/mol. The zero-order valence-electron chi connectivity index (χ0n) is 27.1. The summed E-state index contributed by atoms with van der Waals surface area (Å²) in [7, 11) is 0. The average molecular weight is 650 g/mol. The average Bonchev–Trinajstić information content (AvgIpc) is 3.45. The first-order valence-electron chi connectivity index (χ1n) is 17.0. The van der Waals surface area contributed by atoms with E-state index in [4.69, 9.17) is 10.2 Å². The molecule has 2 saturated heterocycles. The van der Waals surface area contributed by atoms with E-state index in [1.165, 1.54) is 11.8 Å². The number of aromatic carboxylic acids is 1. The van der Waals surface area contributed by atoms with Gasteiger partial charge in [0.05, 0.1) is 24.2 Å². The lowest BCUT2D eigenvalue weighted by Gasteiger charge is -2.59. The number of rotatable bonds is 5. The number of carboxylic acid groups (broad SMARTS) is 1. The third-order valence-corrected chi connectivity index (χ3v) is 11.2. The molecule has 4 aliphatic heterocycles. The van der Waals surface area contributed by atoms with Crippen molar-refractivity contribution in [3.05, 3.63) is 58.4 Å². The zero-order chi connectivity index (χ0) is 33.2. The molecule has 3 fully saturated rings. The number of hydrogen-bond donors (Lipinski definition) is 1. The predicted octanol–water partition coefficient (Wildman–Crippen LogP) is 3.31. The van der Waals surface area contributed by atoms with E-state index in [1.54, 1.807) is 13.0 Å². The number of aryl methyl sites for hydroxylation is 1. The molecule has 0 atom stereocenters. The molecule has 8 rings (SSSR count). The van der Waals surface area contributed by atoms with Crippen LogP contribution < -0.4 is 9.80 Å². The van der Waals surface area contributed by atoms with Crippen LogP contribution >= 0.6 is 0 Å². The van der Waals surface area contributed by atoms with Gasteiger partial charge in [0.1, 0.15) is 0 Å². The van der Waals surface area contributed by atoms with Crippen LogP contribution in [0.2, 0.25) is 0 Å². The van der Waals surface area contributed by atoms with Crippen LogP contribution in [0.3, 0.4) is 0 Å². The van der Waals surface area contributed by atoms with E-state index in [9.17, 15) is 19.6 Å². The van der Waals surface area contributed by atoms with Gasteiger partial charge in [-0.15, -0.1) is 10.2 Å². The topological polar surface area (TPSA) is 152 Å². The van der Waals surface area contributed by atoms with Gasteiger partial charge in [-0.1, -0.05) is 0 Å². The second-order valence-electron chi connectivity index (χ2n) is 14.2. The first kappa shape index (κ1) is 30.4. The Morgan fingerprint density at radius 1 is 0.979 bits per heavy atom. The maximum absolute atomic E-state index is 13.6. The molecule has 1 aliphatic carbocycles. The van der Waals surface area contributed by atoms with Crippen molar-refractivity contribution in [2.75, 3.05) is 49.1 Å². The van der Waals surface area contributed by atoms with E-state index < -0.39 is 5.97 Å². The van der Waals surface area contributed by atoms with Crippen LogP contribution in [-0.4, -0.2) is 91.9 Å². The Hall–Kier alpha value is -4.99. The minimum atomic E-state index is -1.09. The van der Waals surface area contributed by atoms with Gasteiger partial charge >= 0.3 is 5.97 Å². The van der Waals surface area contributed by atoms with Crippen LogP contribution in [0, 0.1) is 22.7 Å². The summed E-state index contributed by atoms with van der Waals surface area (Å²) in [5, 5.41) is 31.7. The van der Waals surface area contributed by atoms with Crippen LogP contribution in [0.1, 0.15) is 77.9 Å². The number of carbonyl (C=O) groups is 3. The molecule has 1 spiro atoms. The van der Waals surface area contributed by atoms with Crippen LogP contribution in [0.15, 0.2) is 30.3 Å². The van der Waals surface area contributed by atoms with E-state index in [0.717, 1.165) is 87.2 Å². The number of nitrogens with zero attached hydrogens (tertiary/aromatic N) is 9. The van der Waals surface area contributed by atoms with Crippen molar-refractivity contribution in [2.45, 2.75) is 64.5 Å². The lowest BCUT2D eigenvalue weighted by molar-refractivity contribution is -0.146. The molecule has 1 aromatic carbocycles. The fourth-order valence-electron chi connectivity index (χ4n) is 8.64. The van der Waals surface area contributed by atoms with E-state index in [0.29, 0.717) is 37.6 Å². The molecule has 1 N–H and O–H groups in total. The number of carbonyl (C=O) groups excluding carboxylic acids is 2. The molecule has 248 valence electrons. The van der Waals surface area contributed by atoms with Crippen LogP contribution in [0.4, 0.5) is 17.3 Å². The molecule has 0 radical (unpaired) electrons. The molecule has 6 heterocycles. The highest BCUT2D eigenvalue weighted by Crippen LogP contribution is 2.53. The minimum absolute atomic E-state index is 0.0477. The minimum Gasteiger partial charge on any atom is -0.476 e. The Kier molecular flexibility index (Phi) is 7.34. The van der Waals surface area contributed by atoms with Crippen molar-refractivity contribution in [1.82, 2.24) is 29.8 Å². The first-order valence-corrected chi connectivity index (χ1v) is 17.0. The number of fused-ring (bicyclic) bond motifs is 2. The first-order chi connectivity index (χ1) is 23.2. The molecular formula is C35H39N9O4. The zero-order valence-corrected chi connectivity index (χ0v) is 27.1. The smallest absolute Gasteiger partial charge is 0.356 e. The molecule has 2 amide bonds. The number of hydrogen-bond acceptors (Lipinski definition) is 9. The van der Waals surface area contributed by atoms with E-state index >= 15 is 0 Å². The lowest BCUT2D eigenvalue weighted by Crippen LogP contribution is -2.64. The van der Waals surface area contributed by atoms with Crippen molar-refractivity contribution in [1.29, 1.82) is 5.26 Å². The molecule has 48 heavy (non-hydrogen) atoms. The standard InChI is InChI=1S/C35H39N9O4/c1-22(45)41-14-10-30-27(19-41)32(43-11-2-3-24-15-23(18-36)4-6-29(24)43)39-44(30)26-8-12-40(13-9-26)33(46)25-16-35(17-25)20-42(21-35)31-7-5-28(34(47)48)37-38-31/h4-7,15,25-26H,2-3,8-14,16-17,19-21H2,1H3,(H,47,48). The maximum Gasteiger partial charge on any atom is 0.356 e. The van der Waals surface area contributed by atoms with Crippen molar-refractivity contribution >= 4 is 35.1 Å². The summed E-state index contributed by atoms with van der Waals surface area (Å²) in [6, 6.07) is 11.5. The number of piperidine rings is 1. The summed E-state index contributed by atoms with van der Waals surface area (Å²) in [5.41, 5.74) is 5.29. The summed E-state index contributed by atoms with van der Waals surface area (Å²) < 4.78 is 2.22. The second kappa shape index (κ2) is 11.6. The van der Waals surface area contributed by atoms with Crippen molar-refractivity contribution < 1.29 is 19.5 Å². The molecule has 1 saturated carbocycles. The largest absolute Gasteiger partial charge is 0.476 e. The van der Waals surface area contributed by atoms with E-state index in [2.05, 4.69) is 30.7 Å². The number of carboxylic acids is 1. The van der Waals surface area contributed by atoms with Gasteiger partial charge in [-0.3, -0.25) is 14.3 Å². The van der Waals surface area contributed by atoms with Crippen molar-refractivity contribution in [3.8, 4) is 6.07 Å². The SMILES string of the molecule is CC(=O)N1CCc2c(c(N3CCCc4cc(C#N)ccc43)nn2C2CCN(C(=O)C3CC4(C3)CN(c3ccc(C(=O)O)nn3)C4)CC2)C1. The summed E-state index contributed by atoms with van der Waals surface area (Å²) in [6.45, 7) is 6.72. The highest BCUT2D eigenvalue weighted by Gasteiger charge is 2.55. The summed E-state index contributed by atoms with van der Waals surface area (Å²) >= 11 is 0. The van der Waals surface area contributed by atoms with Crippen LogP contribution in [-0.2, 0) is 29.0 Å². The monoisotopic (exact) mass is 649 g/mol. The van der Waals surface area contributed by atoms with Gasteiger partial charge in [-0.05, 0) is 74.4 Å². The number of aromatic nitrogens is 4. The van der Waals surface area contributed by atoms with Gasteiger partial charge in [-0.25, -0.2) is 4.79 Å². The lowest BCUT2D eigenvalue weighted by atomic mass is 9.57. The Bertz CT molecular complexity index is 1830. The van der Waals surface area contributed by atoms with Gasteiger partial charge < -0.3 is 24.7 Å². The highest BCUT2D eigenvalue weighted by molar-refractivity contribution is 5.85. The predicted molar refractivity (Wildman–Crippen MR) is 175 cm³/mol. The summed E-state index contributed by atoms with van der Waals surface area (Å²) in [6.07, 6.45) is 6.08. The number of amides is 2. The second-order valence-corrected chi connectivity index (χ2v) is 14.2. The molecule has 0 unspecified atom stereocenters. The molecule has 5 aliphatic rings.